The number of hydrogen-bond donors (Lipinski definition) is 2. The first-order chi connectivity index (χ1) is 10.4. The van der Waals surface area contributed by atoms with E-state index in [9.17, 15) is 4.79 Å². The summed E-state index contributed by atoms with van der Waals surface area (Å²) in [4.78, 5) is 12.4. The molecule has 1 aliphatic rings. The van der Waals surface area contributed by atoms with E-state index >= 15 is 0 Å². The van der Waals surface area contributed by atoms with Crippen molar-refractivity contribution in [3.8, 4) is 5.75 Å². The lowest BCUT2D eigenvalue weighted by atomic mass is 9.74. The molecule has 0 saturated heterocycles. The van der Waals surface area contributed by atoms with Crippen molar-refractivity contribution in [3.05, 3.63) is 29.8 Å². The third kappa shape index (κ3) is 4.47. The quantitative estimate of drug-likeness (QED) is 0.879. The summed E-state index contributed by atoms with van der Waals surface area (Å²) in [5.74, 6) is 0.805. The molecule has 3 atom stereocenters. The zero-order chi connectivity index (χ0) is 16.2. The van der Waals surface area contributed by atoms with E-state index in [0.29, 0.717) is 6.54 Å². The average Bonchev–Trinajstić information content (AvgIpc) is 2.44. The zero-order valence-electron chi connectivity index (χ0n) is 13.9. The third-order valence-electron chi connectivity index (χ3n) is 4.46. The first kappa shape index (κ1) is 16.8. The Morgan fingerprint density at radius 1 is 1.50 bits per heavy atom. The van der Waals surface area contributed by atoms with Crippen LogP contribution in [0.25, 0.3) is 0 Å². The second-order valence-electron chi connectivity index (χ2n) is 6.79. The van der Waals surface area contributed by atoms with Crippen molar-refractivity contribution in [2.45, 2.75) is 58.1 Å². The van der Waals surface area contributed by atoms with Gasteiger partial charge in [-0.25, -0.2) is 0 Å². The van der Waals surface area contributed by atoms with Gasteiger partial charge in [0.05, 0.1) is 12.5 Å². The summed E-state index contributed by atoms with van der Waals surface area (Å²) in [6, 6.07) is 7.93. The fourth-order valence-corrected chi connectivity index (χ4v) is 3.12. The Morgan fingerprint density at radius 2 is 2.27 bits per heavy atom. The minimum atomic E-state index is -0.386. The van der Waals surface area contributed by atoms with Crippen LogP contribution in [0.2, 0.25) is 0 Å². The maximum absolute atomic E-state index is 12.4. The molecular formula is C18H28N2O2. The molecule has 1 aromatic rings. The van der Waals surface area contributed by atoms with Crippen LogP contribution in [-0.4, -0.2) is 24.1 Å². The second kappa shape index (κ2) is 7.14. The summed E-state index contributed by atoms with van der Waals surface area (Å²) in [5.41, 5.74) is 7.05. The second-order valence-corrected chi connectivity index (χ2v) is 6.79. The van der Waals surface area contributed by atoms with Gasteiger partial charge in [0.15, 0.2) is 0 Å². The molecule has 3 unspecified atom stereocenters. The molecule has 0 spiro atoms. The molecule has 1 fully saturated rings. The molecule has 4 heteroatoms. The average molecular weight is 304 g/mol. The standard InChI is InChI=1S/C18H28N2O2/c1-13-7-6-8-15(11-13)22-14(2)12-20-17(21)16-9-4-5-10-18(16,3)19/h6-8,11,14,16H,4-5,9-10,12,19H2,1-3H3,(H,20,21). The van der Waals surface area contributed by atoms with Crippen LogP contribution in [0.5, 0.6) is 5.75 Å². The number of carbonyl (C=O) groups excluding carboxylic acids is 1. The first-order valence-electron chi connectivity index (χ1n) is 8.18. The Hall–Kier alpha value is -1.55. The lowest BCUT2D eigenvalue weighted by Gasteiger charge is -2.37. The molecule has 0 aromatic heterocycles. The van der Waals surface area contributed by atoms with Crippen molar-refractivity contribution in [3.63, 3.8) is 0 Å². The normalized spacial score (nSPS) is 26.3. The third-order valence-corrected chi connectivity index (χ3v) is 4.46. The van der Waals surface area contributed by atoms with Gasteiger partial charge >= 0.3 is 0 Å². The van der Waals surface area contributed by atoms with Gasteiger partial charge in [0.1, 0.15) is 11.9 Å². The fraction of sp³-hybridized carbons (Fsp3) is 0.611. The van der Waals surface area contributed by atoms with Crippen LogP contribution in [0, 0.1) is 12.8 Å². The molecule has 122 valence electrons. The van der Waals surface area contributed by atoms with Gasteiger partial charge < -0.3 is 15.8 Å². The van der Waals surface area contributed by atoms with Gasteiger partial charge in [0.25, 0.3) is 0 Å². The molecule has 0 heterocycles. The highest BCUT2D eigenvalue weighted by molar-refractivity contribution is 5.80. The molecule has 1 aliphatic carbocycles. The molecule has 0 bridgehead atoms. The highest BCUT2D eigenvalue weighted by atomic mass is 16.5. The number of aryl methyl sites for hydroxylation is 1. The highest BCUT2D eigenvalue weighted by Gasteiger charge is 2.37. The van der Waals surface area contributed by atoms with Gasteiger partial charge in [0.2, 0.25) is 5.91 Å². The number of rotatable bonds is 5. The predicted octanol–water partition coefficient (Wildman–Crippen LogP) is 2.79. The number of ether oxygens (including phenoxy) is 1. The van der Waals surface area contributed by atoms with E-state index in [-0.39, 0.29) is 23.5 Å². The van der Waals surface area contributed by atoms with E-state index in [1.807, 2.05) is 45.0 Å². The summed E-state index contributed by atoms with van der Waals surface area (Å²) in [5, 5.41) is 3.00. The molecule has 2 rings (SSSR count). The minimum absolute atomic E-state index is 0.0596. The summed E-state index contributed by atoms with van der Waals surface area (Å²) in [6.45, 7) is 6.48. The predicted molar refractivity (Wildman–Crippen MR) is 88.8 cm³/mol. The summed E-state index contributed by atoms with van der Waals surface area (Å²) in [7, 11) is 0. The number of benzene rings is 1. The van der Waals surface area contributed by atoms with Crippen molar-refractivity contribution in [1.29, 1.82) is 0 Å². The lowest BCUT2D eigenvalue weighted by molar-refractivity contribution is -0.128. The maximum Gasteiger partial charge on any atom is 0.225 e. The summed E-state index contributed by atoms with van der Waals surface area (Å²) in [6.07, 6.45) is 3.93. The van der Waals surface area contributed by atoms with E-state index in [4.69, 9.17) is 10.5 Å². The van der Waals surface area contributed by atoms with E-state index in [0.717, 1.165) is 37.0 Å². The molecule has 0 aliphatic heterocycles. The van der Waals surface area contributed by atoms with Gasteiger partial charge in [-0.1, -0.05) is 25.0 Å². The fourth-order valence-electron chi connectivity index (χ4n) is 3.12. The molecule has 0 radical (unpaired) electrons. The lowest BCUT2D eigenvalue weighted by Crippen LogP contribution is -2.53. The molecule has 1 amide bonds. The van der Waals surface area contributed by atoms with Gasteiger partial charge in [-0.15, -0.1) is 0 Å². The minimum Gasteiger partial charge on any atom is -0.489 e. The van der Waals surface area contributed by atoms with Gasteiger partial charge in [-0.2, -0.15) is 0 Å². The van der Waals surface area contributed by atoms with Crippen LogP contribution >= 0.6 is 0 Å². The SMILES string of the molecule is Cc1cccc(OC(C)CNC(=O)C2CCCCC2(C)N)c1. The number of amides is 1. The Kier molecular flexibility index (Phi) is 5.46. The summed E-state index contributed by atoms with van der Waals surface area (Å²) < 4.78 is 5.84. The molecule has 1 aromatic carbocycles. The van der Waals surface area contributed by atoms with Crippen LogP contribution in [0.1, 0.15) is 45.1 Å². The Balaban J connectivity index is 1.82. The Labute approximate surface area is 133 Å². The Morgan fingerprint density at radius 3 is 2.95 bits per heavy atom. The van der Waals surface area contributed by atoms with Gasteiger partial charge in [-0.05, 0) is 51.3 Å². The van der Waals surface area contributed by atoms with E-state index < -0.39 is 0 Å². The molecule has 1 saturated carbocycles. The van der Waals surface area contributed by atoms with Gasteiger partial charge in [-0.3, -0.25) is 4.79 Å². The smallest absolute Gasteiger partial charge is 0.225 e. The highest BCUT2D eigenvalue weighted by Crippen LogP contribution is 2.31. The maximum atomic E-state index is 12.4. The van der Waals surface area contributed by atoms with Gasteiger partial charge in [0, 0.05) is 5.54 Å². The van der Waals surface area contributed by atoms with Crippen LogP contribution < -0.4 is 15.8 Å². The largest absolute Gasteiger partial charge is 0.489 e. The van der Waals surface area contributed by atoms with E-state index in [2.05, 4.69) is 5.32 Å². The van der Waals surface area contributed by atoms with Crippen LogP contribution in [-0.2, 0) is 4.79 Å². The monoisotopic (exact) mass is 304 g/mol. The molecule has 3 N–H and O–H groups in total. The van der Waals surface area contributed by atoms with Crippen LogP contribution in [0.15, 0.2) is 24.3 Å². The molecule has 4 nitrogen and oxygen atoms in total. The zero-order valence-corrected chi connectivity index (χ0v) is 13.9. The number of carbonyl (C=O) groups is 1. The van der Waals surface area contributed by atoms with Crippen molar-refractivity contribution < 1.29 is 9.53 Å². The van der Waals surface area contributed by atoms with Crippen LogP contribution in [0.4, 0.5) is 0 Å². The van der Waals surface area contributed by atoms with E-state index in [1.165, 1.54) is 0 Å². The Bertz CT molecular complexity index is 514. The molecular weight excluding hydrogens is 276 g/mol. The van der Waals surface area contributed by atoms with Crippen molar-refractivity contribution >= 4 is 5.91 Å². The van der Waals surface area contributed by atoms with Crippen molar-refractivity contribution in [2.75, 3.05) is 6.54 Å². The van der Waals surface area contributed by atoms with Crippen molar-refractivity contribution in [1.82, 2.24) is 5.32 Å². The summed E-state index contributed by atoms with van der Waals surface area (Å²) >= 11 is 0. The number of nitrogens with one attached hydrogen (secondary N) is 1. The first-order valence-corrected chi connectivity index (χ1v) is 8.18. The number of nitrogens with two attached hydrogens (primary N) is 1. The molecule has 22 heavy (non-hydrogen) atoms. The van der Waals surface area contributed by atoms with E-state index in [1.54, 1.807) is 0 Å². The number of hydrogen-bond acceptors (Lipinski definition) is 3. The van der Waals surface area contributed by atoms with Crippen LogP contribution in [0.3, 0.4) is 0 Å². The van der Waals surface area contributed by atoms with Crippen molar-refractivity contribution in [2.24, 2.45) is 11.7 Å². The topological polar surface area (TPSA) is 64.3 Å².